The summed E-state index contributed by atoms with van der Waals surface area (Å²) < 4.78 is 38.5. The van der Waals surface area contributed by atoms with E-state index in [4.69, 9.17) is 0 Å². The van der Waals surface area contributed by atoms with E-state index in [1.807, 2.05) is 0 Å². The van der Waals surface area contributed by atoms with Crippen LogP contribution in [0.1, 0.15) is 11.3 Å². The van der Waals surface area contributed by atoms with Crippen LogP contribution in [-0.4, -0.2) is 45.8 Å². The molecular weight excluding hydrogens is 407 g/mol. The van der Waals surface area contributed by atoms with E-state index in [2.05, 4.69) is 10.1 Å². The van der Waals surface area contributed by atoms with E-state index >= 15 is 0 Å². The smallest absolute Gasteiger partial charge is 0.229 e. The number of carbonyl (C=O) groups excluding carboxylic acids is 1. The summed E-state index contributed by atoms with van der Waals surface area (Å²) in [6.07, 6.45) is 6.52. The minimum Gasteiger partial charge on any atom is -0.331 e. The molecule has 4 rings (SSSR count). The number of hydrogen-bond acceptors (Lipinski definition) is 5. The number of aromatic nitrogens is 3. The van der Waals surface area contributed by atoms with Crippen molar-refractivity contribution in [3.63, 3.8) is 0 Å². The predicted molar refractivity (Wildman–Crippen MR) is 109 cm³/mol. The summed E-state index contributed by atoms with van der Waals surface area (Å²) in [5.41, 5.74) is 2.07. The Morgan fingerprint density at radius 3 is 2.53 bits per heavy atom. The topological polar surface area (TPSA) is 85.2 Å². The number of carbonyl (C=O) groups is 1. The molecule has 0 fully saturated rings. The Balaban J connectivity index is 1.53. The Morgan fingerprint density at radius 2 is 1.87 bits per heavy atom. The number of amides is 1. The number of hydrogen-bond donors (Lipinski definition) is 0. The molecule has 7 nitrogen and oxygen atoms in total. The van der Waals surface area contributed by atoms with Crippen molar-refractivity contribution < 1.29 is 17.6 Å². The fourth-order valence-corrected chi connectivity index (χ4v) is 4.58. The molecule has 3 aromatic rings. The van der Waals surface area contributed by atoms with Crippen molar-refractivity contribution in [3.8, 4) is 5.69 Å². The largest absolute Gasteiger partial charge is 0.331 e. The first-order valence-electron chi connectivity index (χ1n) is 9.29. The fraction of sp³-hybridized carbons (Fsp3) is 0.190. The molecule has 1 aliphatic rings. The van der Waals surface area contributed by atoms with E-state index in [1.165, 1.54) is 12.1 Å². The van der Waals surface area contributed by atoms with Gasteiger partial charge in [0, 0.05) is 30.5 Å². The normalized spacial score (nSPS) is 17.2. The van der Waals surface area contributed by atoms with Gasteiger partial charge in [-0.2, -0.15) is 5.10 Å². The summed E-state index contributed by atoms with van der Waals surface area (Å²) in [6, 6.07) is 10.6. The monoisotopic (exact) mass is 426 g/mol. The standard InChI is InChI=1S/C21H19FN4O3S/c22-17-1-3-19(4-2-17)26-11-7-18(24-26)13-21(27)25(14-16-5-9-23-10-6-16)20-8-12-30(28,29)15-20/h1-12,20H,13-15H2. The van der Waals surface area contributed by atoms with Gasteiger partial charge in [-0.3, -0.25) is 9.78 Å². The Hall–Kier alpha value is -3.33. The van der Waals surface area contributed by atoms with Crippen molar-refractivity contribution in [2.24, 2.45) is 0 Å². The maximum atomic E-state index is 13.1. The maximum absolute atomic E-state index is 13.1. The molecule has 1 atom stereocenters. The predicted octanol–water partition coefficient (Wildman–Crippen LogP) is 2.29. The van der Waals surface area contributed by atoms with Gasteiger partial charge >= 0.3 is 0 Å². The first-order chi connectivity index (χ1) is 14.4. The molecule has 9 heteroatoms. The van der Waals surface area contributed by atoms with E-state index in [-0.39, 0.29) is 30.4 Å². The number of nitrogens with zero attached hydrogens (tertiary/aromatic N) is 4. The summed E-state index contributed by atoms with van der Waals surface area (Å²) in [4.78, 5) is 18.6. The summed E-state index contributed by atoms with van der Waals surface area (Å²) in [6.45, 7) is 0.268. The Labute approximate surface area is 173 Å². The minimum atomic E-state index is -3.31. The van der Waals surface area contributed by atoms with Gasteiger partial charge in [0.25, 0.3) is 0 Å². The van der Waals surface area contributed by atoms with Crippen LogP contribution in [0.2, 0.25) is 0 Å². The molecule has 1 aromatic carbocycles. The van der Waals surface area contributed by atoms with Crippen molar-refractivity contribution in [1.82, 2.24) is 19.7 Å². The van der Waals surface area contributed by atoms with E-state index in [0.29, 0.717) is 11.4 Å². The lowest BCUT2D eigenvalue weighted by Crippen LogP contribution is -2.41. The Kier molecular flexibility index (Phi) is 5.45. The summed E-state index contributed by atoms with van der Waals surface area (Å²) in [7, 11) is -3.31. The molecule has 30 heavy (non-hydrogen) atoms. The zero-order chi connectivity index (χ0) is 21.1. The third-order valence-electron chi connectivity index (χ3n) is 4.80. The molecule has 1 amide bonds. The SMILES string of the molecule is O=C(Cc1ccn(-c2ccc(F)cc2)n1)N(Cc1ccncc1)C1C=CS(=O)(=O)C1. The van der Waals surface area contributed by atoms with Crippen LogP contribution < -0.4 is 0 Å². The van der Waals surface area contributed by atoms with Crippen LogP contribution in [0.5, 0.6) is 0 Å². The Bertz CT molecular complexity index is 1170. The second-order valence-corrected chi connectivity index (χ2v) is 8.94. The van der Waals surface area contributed by atoms with Crippen LogP contribution >= 0.6 is 0 Å². The highest BCUT2D eigenvalue weighted by Gasteiger charge is 2.30. The van der Waals surface area contributed by atoms with Crippen molar-refractivity contribution in [2.45, 2.75) is 19.0 Å². The minimum absolute atomic E-state index is 0.0175. The fourth-order valence-electron chi connectivity index (χ4n) is 3.28. The van der Waals surface area contributed by atoms with Crippen LogP contribution in [-0.2, 0) is 27.6 Å². The summed E-state index contributed by atoms with van der Waals surface area (Å²) in [5.74, 6) is -0.705. The van der Waals surface area contributed by atoms with Gasteiger partial charge in [0.2, 0.25) is 5.91 Å². The van der Waals surface area contributed by atoms with Crippen molar-refractivity contribution in [3.05, 3.63) is 89.6 Å². The van der Waals surface area contributed by atoms with Gasteiger partial charge in [-0.1, -0.05) is 0 Å². The Morgan fingerprint density at radius 1 is 1.13 bits per heavy atom. The maximum Gasteiger partial charge on any atom is 0.229 e. The van der Waals surface area contributed by atoms with Gasteiger partial charge in [0.15, 0.2) is 9.84 Å². The molecule has 1 unspecified atom stereocenters. The van der Waals surface area contributed by atoms with Crippen LogP contribution in [0.4, 0.5) is 4.39 Å². The average molecular weight is 426 g/mol. The highest BCUT2D eigenvalue weighted by molar-refractivity contribution is 7.94. The number of rotatable bonds is 6. The van der Waals surface area contributed by atoms with Crippen molar-refractivity contribution in [2.75, 3.05) is 5.75 Å². The van der Waals surface area contributed by atoms with E-state index in [9.17, 15) is 17.6 Å². The zero-order valence-electron chi connectivity index (χ0n) is 15.9. The molecule has 1 aliphatic heterocycles. The molecule has 0 N–H and O–H groups in total. The van der Waals surface area contributed by atoms with E-state index in [1.54, 1.807) is 64.6 Å². The molecule has 0 spiro atoms. The molecule has 2 aromatic heterocycles. The van der Waals surface area contributed by atoms with Crippen molar-refractivity contribution in [1.29, 1.82) is 0 Å². The molecule has 0 radical (unpaired) electrons. The van der Waals surface area contributed by atoms with Crippen molar-refractivity contribution >= 4 is 15.7 Å². The quantitative estimate of drug-likeness (QED) is 0.604. The van der Waals surface area contributed by atoms with Crippen LogP contribution in [0, 0.1) is 5.82 Å². The lowest BCUT2D eigenvalue weighted by molar-refractivity contribution is -0.132. The van der Waals surface area contributed by atoms with Crippen LogP contribution in [0.25, 0.3) is 5.69 Å². The average Bonchev–Trinajstić information content (AvgIpc) is 3.33. The molecule has 0 aliphatic carbocycles. The summed E-state index contributed by atoms with van der Waals surface area (Å²) in [5, 5.41) is 5.56. The van der Waals surface area contributed by atoms with Crippen LogP contribution in [0.3, 0.4) is 0 Å². The highest BCUT2D eigenvalue weighted by Crippen LogP contribution is 2.19. The van der Waals surface area contributed by atoms with Gasteiger partial charge in [-0.15, -0.1) is 0 Å². The molecule has 154 valence electrons. The van der Waals surface area contributed by atoms with Gasteiger partial charge in [-0.05, 0) is 54.1 Å². The second-order valence-electron chi connectivity index (χ2n) is 7.01. The lowest BCUT2D eigenvalue weighted by Gasteiger charge is -2.27. The zero-order valence-corrected chi connectivity index (χ0v) is 16.7. The van der Waals surface area contributed by atoms with Gasteiger partial charge in [-0.25, -0.2) is 17.5 Å². The number of halogens is 1. The van der Waals surface area contributed by atoms with Gasteiger partial charge in [0.1, 0.15) is 5.82 Å². The number of sulfone groups is 1. The van der Waals surface area contributed by atoms with E-state index in [0.717, 1.165) is 11.0 Å². The summed E-state index contributed by atoms with van der Waals surface area (Å²) >= 11 is 0. The molecule has 0 bridgehead atoms. The third kappa shape index (κ3) is 4.62. The number of pyridine rings is 1. The molecule has 0 saturated heterocycles. The van der Waals surface area contributed by atoms with Gasteiger partial charge < -0.3 is 4.90 Å². The highest BCUT2D eigenvalue weighted by atomic mass is 32.2. The molecular formula is C21H19FN4O3S. The van der Waals surface area contributed by atoms with Gasteiger partial charge in [0.05, 0.1) is 29.6 Å². The van der Waals surface area contributed by atoms with E-state index < -0.39 is 15.9 Å². The first kappa shape index (κ1) is 20.0. The lowest BCUT2D eigenvalue weighted by atomic mass is 10.1. The molecule has 0 saturated carbocycles. The second kappa shape index (κ2) is 8.19. The third-order valence-corrected chi connectivity index (χ3v) is 6.18. The molecule has 3 heterocycles. The van der Waals surface area contributed by atoms with Crippen LogP contribution in [0.15, 0.2) is 72.5 Å². The number of benzene rings is 1. The first-order valence-corrected chi connectivity index (χ1v) is 11.0.